The van der Waals surface area contributed by atoms with Gasteiger partial charge in [0.25, 0.3) is 0 Å². The van der Waals surface area contributed by atoms with Gasteiger partial charge in [-0.3, -0.25) is 10.2 Å². The monoisotopic (exact) mass is 383 g/mol. The summed E-state index contributed by atoms with van der Waals surface area (Å²) in [5, 5.41) is 3.91. The molecule has 144 valence electrons. The van der Waals surface area contributed by atoms with Crippen molar-refractivity contribution in [2.24, 2.45) is 5.10 Å². The van der Waals surface area contributed by atoms with E-state index in [-0.39, 0.29) is 23.1 Å². The minimum Gasteiger partial charge on any atom is -0.493 e. The van der Waals surface area contributed by atoms with Gasteiger partial charge in [0.05, 0.1) is 26.0 Å². The van der Waals surface area contributed by atoms with Crippen LogP contribution >= 0.6 is 0 Å². The van der Waals surface area contributed by atoms with Crippen molar-refractivity contribution in [1.29, 1.82) is 0 Å². The molecule has 0 unspecified atom stereocenters. The zero-order chi connectivity index (χ0) is 20.0. The fraction of sp³-hybridized carbons (Fsp3) is 0.235. The summed E-state index contributed by atoms with van der Waals surface area (Å²) in [6.45, 7) is 1.25. The normalized spacial score (nSPS) is 11.3. The number of halogens is 3. The maximum Gasteiger partial charge on any atom is 0.417 e. The second kappa shape index (κ2) is 8.39. The summed E-state index contributed by atoms with van der Waals surface area (Å²) >= 11 is 0. The largest absolute Gasteiger partial charge is 0.493 e. The number of nitrogens with zero attached hydrogens (tertiary/aromatic N) is 2. The number of alkyl halides is 3. The van der Waals surface area contributed by atoms with Crippen LogP contribution in [-0.4, -0.2) is 31.4 Å². The number of hydrogen-bond donors (Lipinski definition) is 1. The Morgan fingerprint density at radius 3 is 2.26 bits per heavy atom. The van der Waals surface area contributed by atoms with E-state index in [9.17, 15) is 18.0 Å². The Morgan fingerprint density at radius 2 is 1.81 bits per heavy atom. The van der Waals surface area contributed by atoms with Gasteiger partial charge in [0, 0.05) is 18.7 Å². The molecule has 0 amide bonds. The van der Waals surface area contributed by atoms with E-state index >= 15 is 0 Å². The Bertz CT molecular complexity index is 811. The number of benzene rings is 1. The van der Waals surface area contributed by atoms with Gasteiger partial charge in [-0.25, -0.2) is 4.98 Å². The molecule has 0 aliphatic rings. The van der Waals surface area contributed by atoms with Gasteiger partial charge in [-0.2, -0.15) is 18.3 Å². The average molecular weight is 383 g/mol. The molecule has 7 nitrogen and oxygen atoms in total. The number of carbonyl (C=O) groups is 1. The number of carbonyl (C=O) groups excluding carboxylic acids is 1. The van der Waals surface area contributed by atoms with Gasteiger partial charge in [-0.05, 0) is 24.3 Å². The molecular formula is C17H16F3N3O4. The summed E-state index contributed by atoms with van der Waals surface area (Å²) in [4.78, 5) is 14.8. The Labute approximate surface area is 152 Å². The van der Waals surface area contributed by atoms with Crippen LogP contribution in [0.4, 0.5) is 19.0 Å². The number of hydrogen-bond acceptors (Lipinski definition) is 7. The van der Waals surface area contributed by atoms with E-state index in [1.54, 1.807) is 12.1 Å². The lowest BCUT2D eigenvalue weighted by Crippen LogP contribution is -2.06. The van der Waals surface area contributed by atoms with Crippen molar-refractivity contribution in [3.63, 3.8) is 0 Å². The molecule has 0 atom stereocenters. The standard InChI is InChI=1S/C17H16F3N3O4/c1-10(24)27-16-13(25-2)6-11(7-14(16)26-3)8-22-23-15-5-4-12(9-21-15)17(18,19)20/h4-9H,1-3H3,(H,21,23)/b22-8-. The maximum atomic E-state index is 12.5. The van der Waals surface area contributed by atoms with Crippen LogP contribution in [0.2, 0.25) is 0 Å². The van der Waals surface area contributed by atoms with Crippen molar-refractivity contribution in [3.8, 4) is 17.2 Å². The van der Waals surface area contributed by atoms with Crippen molar-refractivity contribution in [2.45, 2.75) is 13.1 Å². The van der Waals surface area contributed by atoms with Crippen molar-refractivity contribution in [2.75, 3.05) is 19.6 Å². The van der Waals surface area contributed by atoms with E-state index in [1.165, 1.54) is 27.4 Å². The second-order valence-corrected chi connectivity index (χ2v) is 5.15. The quantitative estimate of drug-likeness (QED) is 0.356. The van der Waals surface area contributed by atoms with E-state index in [2.05, 4.69) is 15.5 Å². The number of aromatic nitrogens is 1. The van der Waals surface area contributed by atoms with Gasteiger partial charge in [0.2, 0.25) is 5.75 Å². The molecule has 0 saturated carbocycles. The molecule has 0 spiro atoms. The van der Waals surface area contributed by atoms with Crippen LogP contribution in [0.1, 0.15) is 18.1 Å². The zero-order valence-corrected chi connectivity index (χ0v) is 14.6. The van der Waals surface area contributed by atoms with E-state index in [4.69, 9.17) is 14.2 Å². The van der Waals surface area contributed by atoms with Crippen LogP contribution in [0.3, 0.4) is 0 Å². The lowest BCUT2D eigenvalue weighted by Gasteiger charge is -2.13. The molecule has 1 N–H and O–H groups in total. The molecule has 0 radical (unpaired) electrons. The topological polar surface area (TPSA) is 82.0 Å². The highest BCUT2D eigenvalue weighted by Gasteiger charge is 2.30. The lowest BCUT2D eigenvalue weighted by atomic mass is 10.2. The first-order chi connectivity index (χ1) is 12.7. The molecule has 2 aromatic rings. The molecule has 1 aromatic carbocycles. The third-order valence-corrected chi connectivity index (χ3v) is 3.21. The van der Waals surface area contributed by atoms with Crippen molar-refractivity contribution in [3.05, 3.63) is 41.6 Å². The first-order valence-electron chi connectivity index (χ1n) is 7.51. The molecule has 1 heterocycles. The van der Waals surface area contributed by atoms with E-state index in [0.29, 0.717) is 11.8 Å². The highest BCUT2D eigenvalue weighted by Crippen LogP contribution is 2.38. The summed E-state index contributed by atoms with van der Waals surface area (Å²) in [7, 11) is 2.79. The van der Waals surface area contributed by atoms with Gasteiger partial charge in [-0.15, -0.1) is 0 Å². The SMILES string of the molecule is COc1cc(/C=N\Nc2ccc(C(F)(F)F)cn2)cc(OC)c1OC(C)=O. The minimum atomic E-state index is -4.45. The van der Waals surface area contributed by atoms with Crippen LogP contribution in [0, 0.1) is 0 Å². The van der Waals surface area contributed by atoms with Gasteiger partial charge < -0.3 is 14.2 Å². The first kappa shape index (κ1) is 20.0. The number of rotatable bonds is 6. The number of anilines is 1. The van der Waals surface area contributed by atoms with Gasteiger partial charge in [0.15, 0.2) is 11.5 Å². The molecule has 0 fully saturated rings. The second-order valence-electron chi connectivity index (χ2n) is 5.15. The van der Waals surface area contributed by atoms with Crippen LogP contribution in [0.5, 0.6) is 17.2 Å². The molecule has 0 aliphatic heterocycles. The maximum absolute atomic E-state index is 12.5. The van der Waals surface area contributed by atoms with Crippen LogP contribution in [0.15, 0.2) is 35.6 Å². The van der Waals surface area contributed by atoms with Gasteiger partial charge in [-0.1, -0.05) is 0 Å². The van der Waals surface area contributed by atoms with Crippen LogP contribution in [-0.2, 0) is 11.0 Å². The van der Waals surface area contributed by atoms with Gasteiger partial charge >= 0.3 is 12.1 Å². The number of esters is 1. The van der Waals surface area contributed by atoms with Crippen molar-refractivity contribution < 1.29 is 32.2 Å². The predicted octanol–water partition coefficient (Wildman–Crippen LogP) is 3.49. The van der Waals surface area contributed by atoms with E-state index in [0.717, 1.165) is 12.1 Å². The lowest BCUT2D eigenvalue weighted by molar-refractivity contribution is -0.137. The Kier molecular flexibility index (Phi) is 6.22. The van der Waals surface area contributed by atoms with Crippen molar-refractivity contribution in [1.82, 2.24) is 4.98 Å². The fourth-order valence-electron chi connectivity index (χ4n) is 2.02. The molecular weight excluding hydrogens is 367 g/mol. The summed E-state index contributed by atoms with van der Waals surface area (Å²) in [6.07, 6.45) is -2.37. The smallest absolute Gasteiger partial charge is 0.417 e. The predicted molar refractivity (Wildman–Crippen MR) is 91.3 cm³/mol. The highest BCUT2D eigenvalue weighted by atomic mass is 19.4. The summed E-state index contributed by atoms with van der Waals surface area (Å²) < 4.78 is 52.9. The Balaban J connectivity index is 2.17. The van der Waals surface area contributed by atoms with Crippen LogP contribution < -0.4 is 19.6 Å². The Hall–Kier alpha value is -3.30. The van der Waals surface area contributed by atoms with Crippen LogP contribution in [0.25, 0.3) is 0 Å². The average Bonchev–Trinajstić information content (AvgIpc) is 2.61. The summed E-state index contributed by atoms with van der Waals surface area (Å²) in [5.74, 6) is 0.220. The molecule has 0 saturated heterocycles. The highest BCUT2D eigenvalue weighted by molar-refractivity contribution is 5.83. The third-order valence-electron chi connectivity index (χ3n) is 3.21. The molecule has 1 aromatic heterocycles. The summed E-state index contributed by atoms with van der Waals surface area (Å²) in [5.41, 5.74) is 2.19. The van der Waals surface area contributed by atoms with Crippen molar-refractivity contribution >= 4 is 18.0 Å². The number of nitrogens with one attached hydrogen (secondary N) is 1. The minimum absolute atomic E-state index is 0.127. The molecule has 0 aliphatic carbocycles. The molecule has 27 heavy (non-hydrogen) atoms. The van der Waals surface area contributed by atoms with E-state index in [1.807, 2.05) is 0 Å². The molecule has 2 rings (SSSR count). The van der Waals surface area contributed by atoms with Gasteiger partial charge in [0.1, 0.15) is 5.82 Å². The first-order valence-corrected chi connectivity index (χ1v) is 7.51. The third kappa shape index (κ3) is 5.33. The number of methoxy groups -OCH3 is 2. The fourth-order valence-corrected chi connectivity index (χ4v) is 2.02. The molecule has 10 heteroatoms. The number of pyridine rings is 1. The summed E-state index contributed by atoms with van der Waals surface area (Å²) in [6, 6.07) is 5.15. The number of ether oxygens (including phenoxy) is 3. The van der Waals surface area contributed by atoms with E-state index < -0.39 is 17.7 Å². The molecule has 0 bridgehead atoms. The zero-order valence-electron chi connectivity index (χ0n) is 14.6. The Morgan fingerprint density at radius 1 is 1.19 bits per heavy atom. The number of hydrazone groups is 1.